The van der Waals surface area contributed by atoms with Crippen LogP contribution < -0.4 is 0 Å². The second kappa shape index (κ2) is 6.76. The molecule has 1 aromatic heterocycles. The zero-order chi connectivity index (χ0) is 20.1. The summed E-state index contributed by atoms with van der Waals surface area (Å²) in [6.45, 7) is 0. The molecular formula is C28H18ClN. The maximum Gasteiger partial charge on any atom is 0.0541 e. The molecule has 0 N–H and O–H groups in total. The summed E-state index contributed by atoms with van der Waals surface area (Å²) < 4.78 is 2.37. The van der Waals surface area contributed by atoms with Crippen LogP contribution in [0.5, 0.6) is 0 Å². The van der Waals surface area contributed by atoms with Gasteiger partial charge in [0.1, 0.15) is 0 Å². The van der Waals surface area contributed by atoms with Crippen molar-refractivity contribution in [2.75, 3.05) is 0 Å². The van der Waals surface area contributed by atoms with E-state index >= 15 is 0 Å². The van der Waals surface area contributed by atoms with Crippen molar-refractivity contribution in [3.05, 3.63) is 114 Å². The van der Waals surface area contributed by atoms with Gasteiger partial charge in [0.05, 0.1) is 11.0 Å². The number of fused-ring (bicyclic) bond motifs is 4. The lowest BCUT2D eigenvalue weighted by Gasteiger charge is -2.14. The van der Waals surface area contributed by atoms with Crippen LogP contribution in [0.2, 0.25) is 5.02 Å². The molecule has 1 nitrogen and oxygen atoms in total. The van der Waals surface area contributed by atoms with Gasteiger partial charge in [-0.25, -0.2) is 0 Å². The Morgan fingerprint density at radius 1 is 0.533 bits per heavy atom. The highest BCUT2D eigenvalue weighted by Crippen LogP contribution is 2.36. The van der Waals surface area contributed by atoms with E-state index in [2.05, 4.69) is 102 Å². The highest BCUT2D eigenvalue weighted by molar-refractivity contribution is 6.30. The number of para-hydroxylation sites is 2. The van der Waals surface area contributed by atoms with E-state index in [9.17, 15) is 0 Å². The van der Waals surface area contributed by atoms with Crippen molar-refractivity contribution in [3.8, 4) is 16.8 Å². The topological polar surface area (TPSA) is 4.93 Å². The van der Waals surface area contributed by atoms with E-state index in [4.69, 9.17) is 11.6 Å². The average molecular weight is 404 g/mol. The maximum absolute atomic E-state index is 6.16. The lowest BCUT2D eigenvalue weighted by molar-refractivity contribution is 1.19. The van der Waals surface area contributed by atoms with Crippen molar-refractivity contribution in [1.29, 1.82) is 0 Å². The minimum atomic E-state index is 0.751. The van der Waals surface area contributed by atoms with Crippen LogP contribution >= 0.6 is 11.6 Å². The van der Waals surface area contributed by atoms with Crippen LogP contribution in [-0.4, -0.2) is 4.57 Å². The fourth-order valence-electron chi connectivity index (χ4n) is 4.49. The van der Waals surface area contributed by atoms with E-state index in [1.54, 1.807) is 0 Å². The SMILES string of the molecule is Clc1ccc(-c2cc(-n3c4ccccc4c4ccccc43)cc3ccccc23)cc1. The van der Waals surface area contributed by atoms with Crippen molar-refractivity contribution >= 4 is 44.2 Å². The van der Waals surface area contributed by atoms with Gasteiger partial charge in [-0.2, -0.15) is 0 Å². The molecule has 0 amide bonds. The third-order valence-electron chi connectivity index (χ3n) is 5.84. The zero-order valence-corrected chi connectivity index (χ0v) is 17.0. The molecular weight excluding hydrogens is 386 g/mol. The number of benzene rings is 5. The fourth-order valence-corrected chi connectivity index (χ4v) is 4.62. The molecule has 0 aliphatic heterocycles. The number of halogens is 1. The van der Waals surface area contributed by atoms with Crippen LogP contribution in [0.4, 0.5) is 0 Å². The van der Waals surface area contributed by atoms with E-state index in [-0.39, 0.29) is 0 Å². The molecule has 6 rings (SSSR count). The van der Waals surface area contributed by atoms with E-state index in [1.807, 2.05) is 12.1 Å². The molecule has 1 heterocycles. The van der Waals surface area contributed by atoms with Gasteiger partial charge in [0.25, 0.3) is 0 Å². The molecule has 0 bridgehead atoms. The van der Waals surface area contributed by atoms with E-state index < -0.39 is 0 Å². The van der Waals surface area contributed by atoms with Gasteiger partial charge in [-0.15, -0.1) is 0 Å². The lowest BCUT2D eigenvalue weighted by atomic mass is 9.97. The third-order valence-corrected chi connectivity index (χ3v) is 6.09. The fraction of sp³-hybridized carbons (Fsp3) is 0. The Kier molecular flexibility index (Phi) is 3.90. The second-order valence-corrected chi connectivity index (χ2v) is 8.03. The molecule has 0 radical (unpaired) electrons. The van der Waals surface area contributed by atoms with Crippen LogP contribution in [0.1, 0.15) is 0 Å². The van der Waals surface area contributed by atoms with Gasteiger partial charge in [-0.1, -0.05) is 84.4 Å². The van der Waals surface area contributed by atoms with Gasteiger partial charge in [0, 0.05) is 21.5 Å². The Morgan fingerprint density at radius 2 is 1.10 bits per heavy atom. The minimum absolute atomic E-state index is 0.751. The standard InChI is InChI=1S/C28H18ClN/c29-21-15-13-19(14-16-21)26-18-22(17-20-7-1-2-8-23(20)26)30-27-11-5-3-9-24(27)25-10-4-6-12-28(25)30/h1-18H. The summed E-state index contributed by atoms with van der Waals surface area (Å²) >= 11 is 6.16. The molecule has 5 aromatic carbocycles. The van der Waals surface area contributed by atoms with Crippen LogP contribution in [-0.2, 0) is 0 Å². The zero-order valence-electron chi connectivity index (χ0n) is 16.2. The Hall–Kier alpha value is -3.55. The molecule has 0 fully saturated rings. The first-order chi connectivity index (χ1) is 14.8. The molecule has 2 heteroatoms. The predicted octanol–water partition coefficient (Wildman–Crippen LogP) is 8.26. The van der Waals surface area contributed by atoms with Crippen LogP contribution in [0.3, 0.4) is 0 Å². The quantitative estimate of drug-likeness (QED) is 0.274. The number of nitrogens with zero attached hydrogens (tertiary/aromatic N) is 1. The number of aromatic nitrogens is 1. The molecule has 0 spiro atoms. The van der Waals surface area contributed by atoms with Crippen LogP contribution in [0, 0.1) is 0 Å². The number of hydrogen-bond donors (Lipinski definition) is 0. The van der Waals surface area contributed by atoms with Crippen molar-refractivity contribution in [3.63, 3.8) is 0 Å². The molecule has 142 valence electrons. The molecule has 0 aliphatic rings. The van der Waals surface area contributed by atoms with Crippen molar-refractivity contribution < 1.29 is 0 Å². The normalized spacial score (nSPS) is 11.5. The summed E-state index contributed by atoms with van der Waals surface area (Å²) in [4.78, 5) is 0. The third kappa shape index (κ3) is 2.63. The first kappa shape index (κ1) is 17.3. The van der Waals surface area contributed by atoms with E-state index in [1.165, 1.54) is 43.7 Å². The molecule has 0 atom stereocenters. The van der Waals surface area contributed by atoms with Crippen molar-refractivity contribution in [2.45, 2.75) is 0 Å². The predicted molar refractivity (Wildman–Crippen MR) is 129 cm³/mol. The summed E-state index contributed by atoms with van der Waals surface area (Å²) in [5, 5.41) is 5.76. The summed E-state index contributed by atoms with van der Waals surface area (Å²) in [6.07, 6.45) is 0. The number of hydrogen-bond acceptors (Lipinski definition) is 0. The molecule has 0 saturated heterocycles. The Labute approximate surface area is 179 Å². The van der Waals surface area contributed by atoms with Gasteiger partial charge in [0.15, 0.2) is 0 Å². The largest absolute Gasteiger partial charge is 0.309 e. The first-order valence-corrected chi connectivity index (χ1v) is 10.4. The molecule has 0 saturated carbocycles. The first-order valence-electron chi connectivity index (χ1n) is 10.1. The maximum atomic E-state index is 6.16. The molecule has 0 unspecified atom stereocenters. The highest BCUT2D eigenvalue weighted by Gasteiger charge is 2.14. The van der Waals surface area contributed by atoms with Gasteiger partial charge in [-0.05, 0) is 58.3 Å². The summed E-state index contributed by atoms with van der Waals surface area (Å²) in [7, 11) is 0. The summed E-state index contributed by atoms with van der Waals surface area (Å²) in [6, 6.07) is 38.5. The molecule has 6 aromatic rings. The molecule has 0 aliphatic carbocycles. The Bertz CT molecular complexity index is 1490. The van der Waals surface area contributed by atoms with Crippen LogP contribution in [0.15, 0.2) is 109 Å². The van der Waals surface area contributed by atoms with E-state index in [0.29, 0.717) is 0 Å². The number of rotatable bonds is 2. The van der Waals surface area contributed by atoms with E-state index in [0.717, 1.165) is 10.7 Å². The monoisotopic (exact) mass is 403 g/mol. The smallest absolute Gasteiger partial charge is 0.0541 e. The van der Waals surface area contributed by atoms with Crippen LogP contribution in [0.25, 0.3) is 49.4 Å². The Morgan fingerprint density at radius 3 is 1.77 bits per heavy atom. The summed E-state index contributed by atoms with van der Waals surface area (Å²) in [5.41, 5.74) is 5.97. The second-order valence-electron chi connectivity index (χ2n) is 7.59. The lowest BCUT2D eigenvalue weighted by Crippen LogP contribution is -1.95. The Balaban J connectivity index is 1.73. The van der Waals surface area contributed by atoms with Gasteiger partial charge in [-0.3, -0.25) is 0 Å². The van der Waals surface area contributed by atoms with Gasteiger partial charge < -0.3 is 4.57 Å². The van der Waals surface area contributed by atoms with Gasteiger partial charge >= 0.3 is 0 Å². The van der Waals surface area contributed by atoms with Crippen molar-refractivity contribution in [2.24, 2.45) is 0 Å². The van der Waals surface area contributed by atoms with Gasteiger partial charge in [0.2, 0.25) is 0 Å². The highest BCUT2D eigenvalue weighted by atomic mass is 35.5. The molecule has 30 heavy (non-hydrogen) atoms. The van der Waals surface area contributed by atoms with Crippen molar-refractivity contribution in [1.82, 2.24) is 4.57 Å². The summed E-state index contributed by atoms with van der Waals surface area (Å²) in [5.74, 6) is 0. The minimum Gasteiger partial charge on any atom is -0.309 e. The average Bonchev–Trinajstić information content (AvgIpc) is 3.13.